The Morgan fingerprint density at radius 3 is 3.09 bits per heavy atom. The van der Waals surface area contributed by atoms with Gasteiger partial charge >= 0.3 is 0 Å². The summed E-state index contributed by atoms with van der Waals surface area (Å²) < 4.78 is 0. The molecule has 0 unspecified atom stereocenters. The Balaban J connectivity index is 2.04. The smallest absolute Gasteiger partial charge is 0.121 e. The zero-order valence-electron chi connectivity index (χ0n) is 6.62. The highest BCUT2D eigenvalue weighted by Gasteiger charge is 2.18. The van der Waals surface area contributed by atoms with E-state index >= 15 is 0 Å². The Morgan fingerprint density at radius 1 is 1.45 bits per heavy atom. The van der Waals surface area contributed by atoms with E-state index in [1.54, 1.807) is 4.88 Å². The highest BCUT2D eigenvalue weighted by atomic mass is 32.1. The minimum absolute atomic E-state index is 0.781. The molecule has 60 valence electrons. The van der Waals surface area contributed by atoms with Crippen molar-refractivity contribution in [2.24, 2.45) is 0 Å². The Morgan fingerprint density at radius 2 is 2.45 bits per heavy atom. The van der Waals surface area contributed by atoms with Gasteiger partial charge in [-0.1, -0.05) is 6.07 Å². The molecule has 0 spiro atoms. The molecule has 1 fully saturated rings. The highest BCUT2D eigenvalue weighted by molar-refractivity contribution is 7.10. The van der Waals surface area contributed by atoms with Crippen LogP contribution in [-0.2, 0) is 0 Å². The fraction of sp³-hybridized carbons (Fsp3) is 0.556. The molecular formula is C9H14NS+. The highest BCUT2D eigenvalue weighted by Crippen LogP contribution is 2.21. The fourth-order valence-electron chi connectivity index (χ4n) is 1.71. The van der Waals surface area contributed by atoms with Crippen molar-refractivity contribution in [1.82, 2.24) is 0 Å². The minimum atomic E-state index is 0.781. The summed E-state index contributed by atoms with van der Waals surface area (Å²) in [5.41, 5.74) is 0. The summed E-state index contributed by atoms with van der Waals surface area (Å²) in [6.07, 6.45) is 4.20. The van der Waals surface area contributed by atoms with Crippen LogP contribution in [0.5, 0.6) is 0 Å². The van der Waals surface area contributed by atoms with Gasteiger partial charge < -0.3 is 5.32 Å². The van der Waals surface area contributed by atoms with Crippen LogP contribution in [0.15, 0.2) is 17.5 Å². The van der Waals surface area contributed by atoms with E-state index in [-0.39, 0.29) is 0 Å². The third-order valence-corrected chi connectivity index (χ3v) is 3.33. The van der Waals surface area contributed by atoms with Crippen LogP contribution in [0.4, 0.5) is 0 Å². The van der Waals surface area contributed by atoms with Crippen LogP contribution in [-0.4, -0.2) is 6.54 Å². The van der Waals surface area contributed by atoms with E-state index in [1.165, 1.54) is 25.8 Å². The first-order valence-electron chi connectivity index (χ1n) is 4.33. The quantitative estimate of drug-likeness (QED) is 0.655. The van der Waals surface area contributed by atoms with Gasteiger partial charge in [-0.25, -0.2) is 0 Å². The number of nitrogens with two attached hydrogens (primary N) is 1. The zero-order valence-corrected chi connectivity index (χ0v) is 7.44. The number of quaternary nitrogens is 1. The van der Waals surface area contributed by atoms with Crippen LogP contribution < -0.4 is 5.32 Å². The van der Waals surface area contributed by atoms with Crippen molar-refractivity contribution in [2.45, 2.75) is 25.3 Å². The van der Waals surface area contributed by atoms with Gasteiger partial charge in [0, 0.05) is 6.42 Å². The van der Waals surface area contributed by atoms with E-state index in [2.05, 4.69) is 22.8 Å². The van der Waals surface area contributed by atoms with E-state index in [0.717, 1.165) is 6.04 Å². The molecule has 2 rings (SSSR count). The normalized spacial score (nSPS) is 25.3. The summed E-state index contributed by atoms with van der Waals surface area (Å²) in [6.45, 7) is 1.32. The molecule has 0 amide bonds. The van der Waals surface area contributed by atoms with Crippen molar-refractivity contribution in [1.29, 1.82) is 0 Å². The molecule has 0 saturated carbocycles. The molecule has 1 aromatic heterocycles. The molecule has 1 saturated heterocycles. The zero-order chi connectivity index (χ0) is 7.52. The predicted molar refractivity (Wildman–Crippen MR) is 47.7 cm³/mol. The van der Waals surface area contributed by atoms with Gasteiger partial charge in [0.1, 0.15) is 6.04 Å². The molecule has 0 radical (unpaired) electrons. The monoisotopic (exact) mass is 168 g/mol. The second-order valence-electron chi connectivity index (χ2n) is 3.14. The summed E-state index contributed by atoms with van der Waals surface area (Å²) in [7, 11) is 0. The molecule has 0 aromatic carbocycles. The van der Waals surface area contributed by atoms with Crippen LogP contribution >= 0.6 is 11.3 Å². The fourth-order valence-corrected chi connectivity index (χ4v) is 2.57. The van der Waals surface area contributed by atoms with Crippen molar-refractivity contribution in [3.63, 3.8) is 0 Å². The standard InChI is InChI=1S/C9H13NS/c1-2-6-10-8(4-1)9-5-3-7-11-9/h3,5,7-8,10H,1-2,4,6H2/p+1/t8-/m0/s1. The molecule has 1 atom stereocenters. The summed E-state index contributed by atoms with van der Waals surface area (Å²) in [5, 5.41) is 4.66. The van der Waals surface area contributed by atoms with E-state index in [1.807, 2.05) is 11.3 Å². The van der Waals surface area contributed by atoms with Gasteiger partial charge in [0.05, 0.1) is 11.4 Å². The summed E-state index contributed by atoms with van der Waals surface area (Å²) in [4.78, 5) is 1.56. The molecule has 0 aliphatic carbocycles. The molecule has 1 aromatic rings. The Kier molecular flexibility index (Phi) is 2.24. The van der Waals surface area contributed by atoms with Gasteiger partial charge in [0.2, 0.25) is 0 Å². The topological polar surface area (TPSA) is 16.6 Å². The lowest BCUT2D eigenvalue weighted by molar-refractivity contribution is -0.703. The molecule has 1 nitrogen and oxygen atoms in total. The number of piperidine rings is 1. The predicted octanol–water partition coefficient (Wildman–Crippen LogP) is 1.54. The molecular weight excluding hydrogens is 154 g/mol. The van der Waals surface area contributed by atoms with Gasteiger partial charge in [0.25, 0.3) is 0 Å². The average Bonchev–Trinajstić information content (AvgIpc) is 2.58. The average molecular weight is 168 g/mol. The maximum Gasteiger partial charge on any atom is 0.121 e. The van der Waals surface area contributed by atoms with Crippen molar-refractivity contribution in [2.75, 3.05) is 6.54 Å². The first kappa shape index (κ1) is 7.32. The summed E-state index contributed by atoms with van der Waals surface area (Å²) in [6, 6.07) is 5.20. The number of thiophene rings is 1. The third-order valence-electron chi connectivity index (χ3n) is 2.33. The lowest BCUT2D eigenvalue weighted by Gasteiger charge is -2.18. The first-order chi connectivity index (χ1) is 5.47. The second kappa shape index (κ2) is 3.37. The second-order valence-corrected chi connectivity index (χ2v) is 4.12. The maximum absolute atomic E-state index is 2.48. The summed E-state index contributed by atoms with van der Waals surface area (Å²) in [5.74, 6) is 0. The Hall–Kier alpha value is -0.340. The lowest BCUT2D eigenvalue weighted by Crippen LogP contribution is -2.86. The molecule has 2 heterocycles. The maximum atomic E-state index is 2.48. The largest absolute Gasteiger partial charge is 0.339 e. The van der Waals surface area contributed by atoms with Gasteiger partial charge in [-0.2, -0.15) is 0 Å². The summed E-state index contributed by atoms with van der Waals surface area (Å²) >= 11 is 1.90. The van der Waals surface area contributed by atoms with E-state index in [4.69, 9.17) is 0 Å². The lowest BCUT2D eigenvalue weighted by atomic mass is 10.0. The van der Waals surface area contributed by atoms with Crippen molar-refractivity contribution in [3.05, 3.63) is 22.4 Å². The molecule has 11 heavy (non-hydrogen) atoms. The van der Waals surface area contributed by atoms with Gasteiger partial charge in [-0.3, -0.25) is 0 Å². The number of hydrogen-bond acceptors (Lipinski definition) is 1. The number of hydrogen-bond donors (Lipinski definition) is 1. The molecule has 2 N–H and O–H groups in total. The first-order valence-corrected chi connectivity index (χ1v) is 5.21. The van der Waals surface area contributed by atoms with E-state index in [9.17, 15) is 0 Å². The van der Waals surface area contributed by atoms with Gasteiger partial charge in [0.15, 0.2) is 0 Å². The molecule has 2 heteroatoms. The SMILES string of the molecule is c1csc([C@@H]2CCCC[NH2+]2)c1. The van der Waals surface area contributed by atoms with Crippen LogP contribution in [0.2, 0.25) is 0 Å². The third kappa shape index (κ3) is 1.63. The van der Waals surface area contributed by atoms with Gasteiger partial charge in [-0.15, -0.1) is 11.3 Å². The van der Waals surface area contributed by atoms with Crippen LogP contribution in [0, 0.1) is 0 Å². The molecule has 0 bridgehead atoms. The van der Waals surface area contributed by atoms with E-state index < -0.39 is 0 Å². The van der Waals surface area contributed by atoms with Crippen LogP contribution in [0.3, 0.4) is 0 Å². The van der Waals surface area contributed by atoms with Gasteiger partial charge in [-0.05, 0) is 24.3 Å². The van der Waals surface area contributed by atoms with Crippen molar-refractivity contribution in [3.8, 4) is 0 Å². The van der Waals surface area contributed by atoms with Crippen LogP contribution in [0.25, 0.3) is 0 Å². The minimum Gasteiger partial charge on any atom is -0.339 e. The molecule has 1 aliphatic heterocycles. The van der Waals surface area contributed by atoms with Crippen molar-refractivity contribution >= 4 is 11.3 Å². The number of rotatable bonds is 1. The molecule has 1 aliphatic rings. The van der Waals surface area contributed by atoms with Crippen molar-refractivity contribution < 1.29 is 5.32 Å². The Labute approximate surface area is 71.4 Å². The van der Waals surface area contributed by atoms with Crippen LogP contribution in [0.1, 0.15) is 30.2 Å². The van der Waals surface area contributed by atoms with E-state index in [0.29, 0.717) is 0 Å². The Bertz CT molecular complexity index is 199.